The maximum Gasteiger partial charge on any atom is 0.238 e. The molecule has 1 amide bonds. The molecule has 3 N–H and O–H groups in total. The fourth-order valence-electron chi connectivity index (χ4n) is 3.04. The minimum absolute atomic E-state index is 0.0214. The number of amides is 1. The van der Waals surface area contributed by atoms with Crippen LogP contribution in [0, 0.1) is 5.92 Å². The van der Waals surface area contributed by atoms with Crippen LogP contribution in [0.25, 0.3) is 0 Å². The van der Waals surface area contributed by atoms with E-state index in [2.05, 4.69) is 5.32 Å². The highest BCUT2D eigenvalue weighted by Gasteiger charge is 2.39. The molecule has 3 rings (SSSR count). The Labute approximate surface area is 156 Å². The number of fused-ring (bicyclic) bond motifs is 1. The van der Waals surface area contributed by atoms with Crippen molar-refractivity contribution in [2.75, 3.05) is 6.54 Å². The van der Waals surface area contributed by atoms with Crippen LogP contribution in [0.2, 0.25) is 0 Å². The molecule has 1 aliphatic carbocycles. The Hall–Kier alpha value is -2.84. The second kappa shape index (κ2) is 7.42. The molecule has 2 aromatic carbocycles. The molecule has 0 aliphatic heterocycles. The van der Waals surface area contributed by atoms with Crippen molar-refractivity contribution >= 4 is 27.5 Å². The number of Topliss-reactive ketones (excluding diaryl/α,β-unsaturated/α-hetero) is 2. The summed E-state index contributed by atoms with van der Waals surface area (Å²) in [5.74, 6) is -1.97. The van der Waals surface area contributed by atoms with Crippen LogP contribution in [-0.2, 0) is 21.2 Å². The SMILES string of the molecule is NS(=O)(=O)c1ccc(CCNC(=O)CC2C(=O)c3ccccc3C2=O)cc1. The van der Waals surface area contributed by atoms with Crippen molar-refractivity contribution in [3.63, 3.8) is 0 Å². The minimum Gasteiger partial charge on any atom is -0.356 e. The molecule has 0 fully saturated rings. The van der Waals surface area contributed by atoms with Crippen LogP contribution in [0.1, 0.15) is 32.7 Å². The summed E-state index contributed by atoms with van der Waals surface area (Å²) in [6, 6.07) is 12.6. The van der Waals surface area contributed by atoms with E-state index in [4.69, 9.17) is 5.14 Å². The quantitative estimate of drug-likeness (QED) is 0.719. The van der Waals surface area contributed by atoms with Gasteiger partial charge in [-0.1, -0.05) is 36.4 Å². The van der Waals surface area contributed by atoms with Gasteiger partial charge in [-0.3, -0.25) is 14.4 Å². The summed E-state index contributed by atoms with van der Waals surface area (Å²) in [6.07, 6.45) is 0.292. The van der Waals surface area contributed by atoms with E-state index in [0.717, 1.165) is 5.56 Å². The third kappa shape index (κ3) is 4.12. The van der Waals surface area contributed by atoms with Crippen LogP contribution in [0.15, 0.2) is 53.4 Å². The van der Waals surface area contributed by atoms with E-state index in [1.165, 1.54) is 12.1 Å². The van der Waals surface area contributed by atoms with E-state index in [-0.39, 0.29) is 28.8 Å². The number of benzene rings is 2. The lowest BCUT2D eigenvalue weighted by atomic mass is 9.99. The van der Waals surface area contributed by atoms with Crippen molar-refractivity contribution in [1.82, 2.24) is 5.32 Å². The van der Waals surface area contributed by atoms with Gasteiger partial charge in [0.15, 0.2) is 11.6 Å². The molecule has 1 aliphatic rings. The molecule has 0 bridgehead atoms. The summed E-state index contributed by atoms with van der Waals surface area (Å²) in [4.78, 5) is 36.7. The predicted octanol–water partition coefficient (Wildman–Crippen LogP) is 1.08. The van der Waals surface area contributed by atoms with Gasteiger partial charge >= 0.3 is 0 Å². The Morgan fingerprint density at radius 2 is 1.52 bits per heavy atom. The first-order chi connectivity index (χ1) is 12.8. The third-order valence-corrected chi connectivity index (χ3v) is 5.40. The first kappa shape index (κ1) is 18.9. The van der Waals surface area contributed by atoms with Crippen molar-refractivity contribution < 1.29 is 22.8 Å². The van der Waals surface area contributed by atoms with Gasteiger partial charge in [0.1, 0.15) is 0 Å². The summed E-state index contributed by atoms with van der Waals surface area (Å²) >= 11 is 0. The maximum atomic E-state index is 12.3. The van der Waals surface area contributed by atoms with Gasteiger partial charge in [-0.15, -0.1) is 0 Å². The lowest BCUT2D eigenvalue weighted by molar-refractivity contribution is -0.121. The largest absolute Gasteiger partial charge is 0.356 e. The summed E-state index contributed by atoms with van der Waals surface area (Å²) in [5, 5.41) is 7.72. The molecule has 0 unspecified atom stereocenters. The number of hydrogen-bond donors (Lipinski definition) is 2. The van der Waals surface area contributed by atoms with Crippen LogP contribution in [0.3, 0.4) is 0 Å². The molecule has 27 heavy (non-hydrogen) atoms. The van der Waals surface area contributed by atoms with Gasteiger partial charge in [0.25, 0.3) is 0 Å². The number of carbonyl (C=O) groups excluding carboxylic acids is 3. The molecule has 0 saturated heterocycles. The summed E-state index contributed by atoms with van der Waals surface area (Å²) < 4.78 is 22.4. The topological polar surface area (TPSA) is 123 Å². The molecule has 0 atom stereocenters. The van der Waals surface area contributed by atoms with E-state index in [0.29, 0.717) is 24.1 Å². The van der Waals surface area contributed by atoms with Gasteiger partial charge in [0.2, 0.25) is 15.9 Å². The summed E-state index contributed by atoms with van der Waals surface area (Å²) in [5.41, 5.74) is 1.56. The normalized spacial score (nSPS) is 14.3. The van der Waals surface area contributed by atoms with Crippen LogP contribution >= 0.6 is 0 Å². The Morgan fingerprint density at radius 3 is 2.04 bits per heavy atom. The maximum absolute atomic E-state index is 12.3. The van der Waals surface area contributed by atoms with Gasteiger partial charge in [-0.25, -0.2) is 13.6 Å². The van der Waals surface area contributed by atoms with E-state index in [1.54, 1.807) is 36.4 Å². The fraction of sp³-hybridized carbons (Fsp3) is 0.211. The number of primary sulfonamides is 1. The van der Waals surface area contributed by atoms with Crippen molar-refractivity contribution in [1.29, 1.82) is 0 Å². The van der Waals surface area contributed by atoms with Crippen molar-refractivity contribution in [2.45, 2.75) is 17.7 Å². The second-order valence-corrected chi connectivity index (χ2v) is 7.88. The molecule has 7 nitrogen and oxygen atoms in total. The summed E-state index contributed by atoms with van der Waals surface area (Å²) in [6.45, 7) is 0.301. The highest BCUT2D eigenvalue weighted by molar-refractivity contribution is 7.89. The van der Waals surface area contributed by atoms with Crippen molar-refractivity contribution in [3.8, 4) is 0 Å². The van der Waals surface area contributed by atoms with Crippen molar-refractivity contribution in [2.24, 2.45) is 11.1 Å². The van der Waals surface area contributed by atoms with Crippen LogP contribution in [0.5, 0.6) is 0 Å². The molecule has 8 heteroatoms. The third-order valence-electron chi connectivity index (χ3n) is 4.47. The lowest BCUT2D eigenvalue weighted by Crippen LogP contribution is -2.30. The van der Waals surface area contributed by atoms with E-state index < -0.39 is 15.9 Å². The highest BCUT2D eigenvalue weighted by atomic mass is 32.2. The number of nitrogens with one attached hydrogen (secondary N) is 1. The molecule has 0 radical (unpaired) electrons. The molecule has 0 heterocycles. The molecular formula is C19H18N2O5S. The number of sulfonamides is 1. The van der Waals surface area contributed by atoms with E-state index in [1.807, 2.05) is 0 Å². The molecule has 0 spiro atoms. The van der Waals surface area contributed by atoms with Crippen LogP contribution in [-0.4, -0.2) is 32.4 Å². The number of rotatable bonds is 6. The first-order valence-electron chi connectivity index (χ1n) is 8.33. The van der Waals surface area contributed by atoms with Gasteiger partial charge in [-0.2, -0.15) is 0 Å². The number of hydrogen-bond acceptors (Lipinski definition) is 5. The Bertz CT molecular complexity index is 978. The zero-order valence-electron chi connectivity index (χ0n) is 14.3. The van der Waals surface area contributed by atoms with Gasteiger partial charge in [0, 0.05) is 24.1 Å². The average Bonchev–Trinajstić information content (AvgIpc) is 2.87. The lowest BCUT2D eigenvalue weighted by Gasteiger charge is -2.09. The molecule has 0 saturated carbocycles. The van der Waals surface area contributed by atoms with Gasteiger partial charge in [-0.05, 0) is 24.1 Å². The van der Waals surface area contributed by atoms with E-state index >= 15 is 0 Å². The summed E-state index contributed by atoms with van der Waals surface area (Å²) in [7, 11) is -3.73. The zero-order valence-corrected chi connectivity index (χ0v) is 15.2. The Morgan fingerprint density at radius 1 is 0.963 bits per heavy atom. The highest BCUT2D eigenvalue weighted by Crippen LogP contribution is 2.28. The Kier molecular flexibility index (Phi) is 5.20. The number of carbonyl (C=O) groups is 3. The second-order valence-electron chi connectivity index (χ2n) is 6.32. The zero-order chi connectivity index (χ0) is 19.6. The van der Waals surface area contributed by atoms with Crippen molar-refractivity contribution in [3.05, 3.63) is 65.2 Å². The first-order valence-corrected chi connectivity index (χ1v) is 9.88. The van der Waals surface area contributed by atoms with Crippen LogP contribution < -0.4 is 10.5 Å². The van der Waals surface area contributed by atoms with Gasteiger partial charge in [0.05, 0.1) is 10.8 Å². The van der Waals surface area contributed by atoms with Gasteiger partial charge < -0.3 is 5.32 Å². The predicted molar refractivity (Wildman–Crippen MR) is 97.7 cm³/mol. The molecular weight excluding hydrogens is 368 g/mol. The van der Waals surface area contributed by atoms with Crippen LogP contribution in [0.4, 0.5) is 0 Å². The average molecular weight is 386 g/mol. The molecule has 2 aromatic rings. The molecule has 140 valence electrons. The Balaban J connectivity index is 1.52. The monoisotopic (exact) mass is 386 g/mol. The molecule has 0 aromatic heterocycles. The standard InChI is InChI=1S/C19H18N2O5S/c20-27(25,26)13-7-5-12(6-8-13)9-10-21-17(22)11-16-18(23)14-3-1-2-4-15(14)19(16)24/h1-8,16H,9-11H2,(H,21,22)(H2,20,25,26). The fourth-order valence-corrected chi connectivity index (χ4v) is 3.56. The smallest absolute Gasteiger partial charge is 0.238 e. The number of nitrogens with two attached hydrogens (primary N) is 1. The number of ketones is 2. The minimum atomic E-state index is -3.73. The van der Waals surface area contributed by atoms with E-state index in [9.17, 15) is 22.8 Å².